The molecule has 0 heterocycles. The molecule has 0 fully saturated rings. The molecule has 24 heavy (non-hydrogen) atoms. The number of halogens is 2. The van der Waals surface area contributed by atoms with E-state index in [4.69, 9.17) is 23.2 Å². The van der Waals surface area contributed by atoms with E-state index in [1.54, 1.807) is 24.3 Å². The van der Waals surface area contributed by atoms with Crippen molar-refractivity contribution in [2.24, 2.45) is 0 Å². The van der Waals surface area contributed by atoms with Gasteiger partial charge in [-0.25, -0.2) is 0 Å². The lowest BCUT2D eigenvalue weighted by Crippen LogP contribution is -2.29. The van der Waals surface area contributed by atoms with Crippen LogP contribution in [0.4, 0.5) is 11.4 Å². The summed E-state index contributed by atoms with van der Waals surface area (Å²) < 4.78 is 0. The predicted molar refractivity (Wildman–Crippen MR) is 98.9 cm³/mol. The molecule has 6 heteroatoms. The molecule has 2 aromatic rings. The maximum atomic E-state index is 12.0. The van der Waals surface area contributed by atoms with Crippen LogP contribution < -0.4 is 10.6 Å². The molecule has 0 unspecified atom stereocenters. The van der Waals surface area contributed by atoms with E-state index in [1.807, 2.05) is 12.1 Å². The fourth-order valence-corrected chi connectivity index (χ4v) is 2.30. The minimum absolute atomic E-state index is 0.0216. The van der Waals surface area contributed by atoms with Gasteiger partial charge in [0.25, 0.3) is 0 Å². The van der Waals surface area contributed by atoms with Gasteiger partial charge in [-0.05, 0) is 41.3 Å². The second kappa shape index (κ2) is 7.24. The van der Waals surface area contributed by atoms with Gasteiger partial charge >= 0.3 is 11.8 Å². The summed E-state index contributed by atoms with van der Waals surface area (Å²) in [6.45, 7) is 6.31. The van der Waals surface area contributed by atoms with Gasteiger partial charge in [0.2, 0.25) is 0 Å². The molecular weight excluding hydrogens is 347 g/mol. The Morgan fingerprint density at radius 2 is 1.29 bits per heavy atom. The van der Waals surface area contributed by atoms with E-state index >= 15 is 0 Å². The molecule has 2 N–H and O–H groups in total. The number of benzene rings is 2. The molecule has 0 atom stereocenters. The largest absolute Gasteiger partial charge is 0.318 e. The standard InChI is InChI=1S/C18H18Cl2N2O2/c1-18(2,3)11-4-6-12(7-5-11)21-16(23)17(24)22-13-8-9-14(19)15(20)10-13/h4-10H,1-3H3,(H,21,23)(H,22,24). The first-order valence-corrected chi connectivity index (χ1v) is 8.10. The van der Waals surface area contributed by atoms with Gasteiger partial charge in [-0.3, -0.25) is 9.59 Å². The van der Waals surface area contributed by atoms with Crippen molar-refractivity contribution in [1.82, 2.24) is 0 Å². The lowest BCUT2D eigenvalue weighted by molar-refractivity contribution is -0.132. The number of amides is 2. The fourth-order valence-electron chi connectivity index (χ4n) is 2.00. The highest BCUT2D eigenvalue weighted by Crippen LogP contribution is 2.25. The molecule has 0 aromatic heterocycles. The molecule has 0 aliphatic heterocycles. The third kappa shape index (κ3) is 4.73. The van der Waals surface area contributed by atoms with Gasteiger partial charge in [0, 0.05) is 11.4 Å². The normalized spacial score (nSPS) is 11.0. The van der Waals surface area contributed by atoms with E-state index < -0.39 is 11.8 Å². The quantitative estimate of drug-likeness (QED) is 0.746. The van der Waals surface area contributed by atoms with Crippen molar-refractivity contribution in [2.45, 2.75) is 26.2 Å². The summed E-state index contributed by atoms with van der Waals surface area (Å²) in [5.41, 5.74) is 2.11. The number of rotatable bonds is 2. The molecule has 126 valence electrons. The van der Waals surface area contributed by atoms with Gasteiger partial charge in [-0.1, -0.05) is 56.1 Å². The molecule has 2 aromatic carbocycles. The molecule has 0 saturated heterocycles. The summed E-state index contributed by atoms with van der Waals surface area (Å²) in [5, 5.41) is 5.70. The first-order chi connectivity index (χ1) is 11.2. The molecule has 2 rings (SSSR count). The summed E-state index contributed by atoms with van der Waals surface area (Å²) in [6.07, 6.45) is 0. The Kier molecular flexibility index (Phi) is 5.52. The zero-order valence-corrected chi connectivity index (χ0v) is 15.1. The maximum Gasteiger partial charge on any atom is 0.314 e. The van der Waals surface area contributed by atoms with Crippen molar-refractivity contribution in [2.75, 3.05) is 10.6 Å². The zero-order chi connectivity index (χ0) is 17.9. The molecule has 0 spiro atoms. The van der Waals surface area contributed by atoms with Crippen molar-refractivity contribution >= 4 is 46.4 Å². The Morgan fingerprint density at radius 3 is 1.79 bits per heavy atom. The monoisotopic (exact) mass is 364 g/mol. The Hall–Kier alpha value is -2.04. The van der Waals surface area contributed by atoms with Gasteiger partial charge in [-0.2, -0.15) is 0 Å². The van der Waals surface area contributed by atoms with Gasteiger partial charge in [0.05, 0.1) is 10.0 Å². The molecule has 2 amide bonds. The van der Waals surface area contributed by atoms with E-state index in [0.717, 1.165) is 5.56 Å². The third-order valence-corrected chi connectivity index (χ3v) is 4.13. The summed E-state index contributed by atoms with van der Waals surface area (Å²) in [5.74, 6) is -1.54. The van der Waals surface area contributed by atoms with Crippen molar-refractivity contribution in [3.8, 4) is 0 Å². The molecule has 0 aliphatic carbocycles. The topological polar surface area (TPSA) is 58.2 Å². The van der Waals surface area contributed by atoms with Crippen LogP contribution in [0.2, 0.25) is 10.0 Å². The first-order valence-electron chi connectivity index (χ1n) is 7.35. The molecule has 0 saturated carbocycles. The molecule has 4 nitrogen and oxygen atoms in total. The number of carbonyl (C=O) groups is 2. The lowest BCUT2D eigenvalue weighted by atomic mass is 9.87. The minimum Gasteiger partial charge on any atom is -0.318 e. The van der Waals surface area contributed by atoms with Crippen LogP contribution in [0, 0.1) is 0 Å². The summed E-state index contributed by atoms with van der Waals surface area (Å²) in [6, 6.07) is 12.0. The SMILES string of the molecule is CC(C)(C)c1ccc(NC(=O)C(=O)Nc2ccc(Cl)c(Cl)c2)cc1. The zero-order valence-electron chi connectivity index (χ0n) is 13.6. The van der Waals surface area contributed by atoms with Crippen LogP contribution in [-0.4, -0.2) is 11.8 Å². The molecule has 0 bridgehead atoms. The van der Waals surface area contributed by atoms with Gasteiger partial charge in [-0.15, -0.1) is 0 Å². The van der Waals surface area contributed by atoms with E-state index in [0.29, 0.717) is 21.4 Å². The number of anilines is 2. The average molecular weight is 365 g/mol. The van der Waals surface area contributed by atoms with Crippen molar-refractivity contribution < 1.29 is 9.59 Å². The van der Waals surface area contributed by atoms with Crippen LogP contribution >= 0.6 is 23.2 Å². The predicted octanol–water partition coefficient (Wildman–Crippen LogP) is 4.87. The first kappa shape index (κ1) is 18.3. The van der Waals surface area contributed by atoms with Crippen LogP contribution in [0.1, 0.15) is 26.3 Å². The molecule has 0 aliphatic rings. The summed E-state index contributed by atoms with van der Waals surface area (Å²) in [4.78, 5) is 23.9. The van der Waals surface area contributed by atoms with Crippen LogP contribution in [-0.2, 0) is 15.0 Å². The highest BCUT2D eigenvalue weighted by atomic mass is 35.5. The van der Waals surface area contributed by atoms with Gasteiger partial charge in [0.15, 0.2) is 0 Å². The Labute approximate surface area is 151 Å². The lowest BCUT2D eigenvalue weighted by Gasteiger charge is -2.19. The Morgan fingerprint density at radius 1 is 0.792 bits per heavy atom. The molecular formula is C18H18Cl2N2O2. The van der Waals surface area contributed by atoms with Crippen molar-refractivity contribution in [3.63, 3.8) is 0 Å². The Balaban J connectivity index is 2.01. The number of hydrogen-bond donors (Lipinski definition) is 2. The van der Waals surface area contributed by atoms with E-state index in [2.05, 4.69) is 31.4 Å². The highest BCUT2D eigenvalue weighted by molar-refractivity contribution is 6.44. The average Bonchev–Trinajstić information content (AvgIpc) is 2.50. The summed E-state index contributed by atoms with van der Waals surface area (Å²) in [7, 11) is 0. The number of hydrogen-bond acceptors (Lipinski definition) is 2. The second-order valence-corrected chi connectivity index (χ2v) is 7.18. The van der Waals surface area contributed by atoms with Crippen LogP contribution in [0.3, 0.4) is 0 Å². The van der Waals surface area contributed by atoms with E-state index in [1.165, 1.54) is 6.07 Å². The van der Waals surface area contributed by atoms with Gasteiger partial charge < -0.3 is 10.6 Å². The number of nitrogens with one attached hydrogen (secondary N) is 2. The maximum absolute atomic E-state index is 12.0. The van der Waals surface area contributed by atoms with E-state index in [9.17, 15) is 9.59 Å². The minimum atomic E-state index is -0.784. The second-order valence-electron chi connectivity index (χ2n) is 6.36. The molecule has 0 radical (unpaired) electrons. The van der Waals surface area contributed by atoms with Gasteiger partial charge in [0.1, 0.15) is 0 Å². The van der Waals surface area contributed by atoms with Crippen molar-refractivity contribution in [1.29, 1.82) is 0 Å². The van der Waals surface area contributed by atoms with E-state index in [-0.39, 0.29) is 5.41 Å². The smallest absolute Gasteiger partial charge is 0.314 e. The van der Waals surface area contributed by atoms with Crippen LogP contribution in [0.25, 0.3) is 0 Å². The third-order valence-electron chi connectivity index (χ3n) is 3.39. The fraction of sp³-hybridized carbons (Fsp3) is 0.222. The Bertz CT molecular complexity index is 766. The highest BCUT2D eigenvalue weighted by Gasteiger charge is 2.16. The summed E-state index contributed by atoms with van der Waals surface area (Å²) >= 11 is 11.7. The van der Waals surface area contributed by atoms with Crippen LogP contribution in [0.15, 0.2) is 42.5 Å². The van der Waals surface area contributed by atoms with Crippen LogP contribution in [0.5, 0.6) is 0 Å². The van der Waals surface area contributed by atoms with Crippen molar-refractivity contribution in [3.05, 3.63) is 58.1 Å². The number of carbonyl (C=O) groups excluding carboxylic acids is 2.